The van der Waals surface area contributed by atoms with Crippen molar-refractivity contribution in [3.63, 3.8) is 0 Å². The number of halogens is 2. The van der Waals surface area contributed by atoms with E-state index >= 15 is 0 Å². The Morgan fingerprint density at radius 1 is 1.18 bits per heavy atom. The molecule has 1 aliphatic heterocycles. The van der Waals surface area contributed by atoms with Crippen LogP contribution in [-0.2, 0) is 9.59 Å². The molecule has 0 bridgehead atoms. The molecule has 39 heavy (non-hydrogen) atoms. The molecule has 3 aromatic rings. The van der Waals surface area contributed by atoms with Gasteiger partial charge in [0.2, 0.25) is 11.8 Å². The summed E-state index contributed by atoms with van der Waals surface area (Å²) in [7, 11) is 1.50. The SMILES string of the molecule is CN(C(=O)c1cc2c(F)cc(F)cc2[nH]1)C(CC1CCC1)C(=O)N1CC(C(=O)Nc2ccccc2)CC1C#N. The molecule has 2 aliphatic rings. The molecule has 1 aromatic heterocycles. The number of hydrogen-bond donors (Lipinski definition) is 2. The minimum Gasteiger partial charge on any atom is -0.350 e. The van der Waals surface area contributed by atoms with Crippen LogP contribution < -0.4 is 5.32 Å². The lowest BCUT2D eigenvalue weighted by atomic mass is 9.80. The summed E-state index contributed by atoms with van der Waals surface area (Å²) in [5, 5.41) is 12.7. The van der Waals surface area contributed by atoms with E-state index in [9.17, 15) is 28.4 Å². The van der Waals surface area contributed by atoms with Gasteiger partial charge in [-0.2, -0.15) is 5.26 Å². The zero-order valence-corrected chi connectivity index (χ0v) is 21.5. The minimum atomic E-state index is -0.873. The third-order valence-corrected chi connectivity index (χ3v) is 7.88. The molecule has 202 valence electrons. The number of fused-ring (bicyclic) bond motifs is 1. The number of nitrogens with zero attached hydrogens (tertiary/aromatic N) is 3. The van der Waals surface area contributed by atoms with E-state index in [0.717, 1.165) is 31.4 Å². The van der Waals surface area contributed by atoms with Crippen LogP contribution in [0.1, 0.15) is 42.6 Å². The summed E-state index contributed by atoms with van der Waals surface area (Å²) in [6.45, 7) is 0.0653. The van der Waals surface area contributed by atoms with Crippen LogP contribution in [0.2, 0.25) is 0 Å². The Bertz CT molecular complexity index is 1450. The number of likely N-dealkylation sites (tertiary alicyclic amines) is 1. The Balaban J connectivity index is 1.36. The molecular weight excluding hydrogens is 504 g/mol. The Labute approximate surface area is 224 Å². The molecular formula is C29H29F2N5O3. The number of amides is 3. The van der Waals surface area contributed by atoms with E-state index in [-0.39, 0.29) is 41.4 Å². The van der Waals surface area contributed by atoms with Crippen LogP contribution in [-0.4, -0.2) is 58.2 Å². The van der Waals surface area contributed by atoms with E-state index in [1.165, 1.54) is 22.9 Å². The van der Waals surface area contributed by atoms with E-state index in [1.54, 1.807) is 24.3 Å². The van der Waals surface area contributed by atoms with Crippen molar-refractivity contribution in [2.45, 2.75) is 44.2 Å². The van der Waals surface area contributed by atoms with Gasteiger partial charge in [0.25, 0.3) is 5.91 Å². The van der Waals surface area contributed by atoms with Crippen molar-refractivity contribution in [1.82, 2.24) is 14.8 Å². The standard InChI is InChI=1S/C29H29F2N5O3/c1-35(28(38)25-14-22-23(31)12-19(30)13-24(22)34-25)26(10-17-6-5-7-17)29(39)36-16-18(11-21(36)15-32)27(37)33-20-8-3-2-4-9-20/h2-4,8-9,12-14,17-18,21,26,34H,5-7,10-11,16H2,1H3,(H,33,37). The summed E-state index contributed by atoms with van der Waals surface area (Å²) in [5.41, 5.74) is 0.799. The van der Waals surface area contributed by atoms with Gasteiger partial charge in [-0.05, 0) is 43.0 Å². The highest BCUT2D eigenvalue weighted by atomic mass is 19.1. The summed E-state index contributed by atoms with van der Waals surface area (Å²) in [5.74, 6) is -3.10. The Morgan fingerprint density at radius 2 is 1.92 bits per heavy atom. The first-order chi connectivity index (χ1) is 18.7. The number of aromatic amines is 1. The van der Waals surface area contributed by atoms with Gasteiger partial charge in [-0.3, -0.25) is 14.4 Å². The monoisotopic (exact) mass is 533 g/mol. The highest BCUT2D eigenvalue weighted by Crippen LogP contribution is 2.34. The lowest BCUT2D eigenvalue weighted by Gasteiger charge is -2.36. The van der Waals surface area contributed by atoms with Gasteiger partial charge >= 0.3 is 0 Å². The summed E-state index contributed by atoms with van der Waals surface area (Å²) >= 11 is 0. The highest BCUT2D eigenvalue weighted by molar-refractivity contribution is 6.00. The number of nitrogens with one attached hydrogen (secondary N) is 2. The maximum atomic E-state index is 14.3. The van der Waals surface area contributed by atoms with Gasteiger partial charge in [0, 0.05) is 30.7 Å². The van der Waals surface area contributed by atoms with Crippen LogP contribution in [0, 0.1) is 34.8 Å². The summed E-state index contributed by atoms with van der Waals surface area (Å²) in [6, 6.07) is 12.6. The van der Waals surface area contributed by atoms with Gasteiger partial charge in [0.1, 0.15) is 29.4 Å². The summed E-state index contributed by atoms with van der Waals surface area (Å²) in [4.78, 5) is 45.8. The van der Waals surface area contributed by atoms with Crippen molar-refractivity contribution < 1.29 is 23.2 Å². The third-order valence-electron chi connectivity index (χ3n) is 7.88. The Hall–Kier alpha value is -4.26. The fraction of sp³-hybridized carbons (Fsp3) is 0.379. The number of carbonyl (C=O) groups excluding carboxylic acids is 3. The molecule has 1 saturated heterocycles. The highest BCUT2D eigenvalue weighted by Gasteiger charge is 2.43. The fourth-order valence-corrected chi connectivity index (χ4v) is 5.43. The topological polar surface area (TPSA) is 109 Å². The Kier molecular flexibility index (Phi) is 7.33. The summed E-state index contributed by atoms with van der Waals surface area (Å²) in [6.07, 6.45) is 3.53. The van der Waals surface area contributed by atoms with Crippen molar-refractivity contribution in [3.8, 4) is 6.07 Å². The first-order valence-corrected chi connectivity index (χ1v) is 13.1. The third kappa shape index (κ3) is 5.35. The largest absolute Gasteiger partial charge is 0.350 e. The predicted molar refractivity (Wildman–Crippen MR) is 140 cm³/mol. The molecule has 2 aromatic carbocycles. The van der Waals surface area contributed by atoms with E-state index in [4.69, 9.17) is 0 Å². The predicted octanol–water partition coefficient (Wildman–Crippen LogP) is 4.46. The number of carbonyl (C=O) groups is 3. The number of para-hydroxylation sites is 1. The van der Waals surface area contributed by atoms with Crippen molar-refractivity contribution in [3.05, 3.63) is 65.9 Å². The normalized spacial score (nSPS) is 19.8. The molecule has 2 heterocycles. The molecule has 1 saturated carbocycles. The van der Waals surface area contributed by atoms with Gasteiger partial charge in [0.15, 0.2) is 0 Å². The van der Waals surface area contributed by atoms with E-state index in [0.29, 0.717) is 12.1 Å². The Morgan fingerprint density at radius 3 is 2.59 bits per heavy atom. The van der Waals surface area contributed by atoms with Gasteiger partial charge in [0.05, 0.1) is 17.5 Å². The number of aromatic nitrogens is 1. The van der Waals surface area contributed by atoms with Crippen LogP contribution in [0.4, 0.5) is 14.5 Å². The maximum Gasteiger partial charge on any atom is 0.270 e. The quantitative estimate of drug-likeness (QED) is 0.468. The molecule has 2 N–H and O–H groups in total. The van der Waals surface area contributed by atoms with Crippen LogP contribution >= 0.6 is 0 Å². The van der Waals surface area contributed by atoms with E-state index in [2.05, 4.69) is 16.4 Å². The van der Waals surface area contributed by atoms with Crippen molar-refractivity contribution in [2.24, 2.45) is 11.8 Å². The second kappa shape index (κ2) is 10.8. The number of benzene rings is 2. The lowest BCUT2D eigenvalue weighted by Crippen LogP contribution is -2.52. The second-order valence-electron chi connectivity index (χ2n) is 10.4. The number of nitriles is 1. The van der Waals surface area contributed by atoms with Crippen LogP contribution in [0.15, 0.2) is 48.5 Å². The number of hydrogen-bond acceptors (Lipinski definition) is 4. The van der Waals surface area contributed by atoms with Crippen molar-refractivity contribution in [1.29, 1.82) is 5.26 Å². The lowest BCUT2D eigenvalue weighted by molar-refractivity contribution is -0.136. The number of likely N-dealkylation sites (N-methyl/N-ethyl adjacent to an activating group) is 1. The van der Waals surface area contributed by atoms with Gasteiger partial charge in [-0.1, -0.05) is 37.5 Å². The maximum absolute atomic E-state index is 14.3. The van der Waals surface area contributed by atoms with Gasteiger partial charge in [-0.15, -0.1) is 0 Å². The molecule has 1 aliphatic carbocycles. The van der Waals surface area contributed by atoms with E-state index in [1.807, 2.05) is 6.07 Å². The zero-order valence-electron chi connectivity index (χ0n) is 21.5. The molecule has 0 spiro atoms. The molecule has 3 unspecified atom stereocenters. The van der Waals surface area contributed by atoms with Gasteiger partial charge < -0.3 is 20.1 Å². The molecule has 2 fully saturated rings. The number of H-pyrrole nitrogens is 1. The molecule has 8 nitrogen and oxygen atoms in total. The van der Waals surface area contributed by atoms with Crippen molar-refractivity contribution in [2.75, 3.05) is 18.9 Å². The second-order valence-corrected chi connectivity index (χ2v) is 10.4. The molecule has 0 radical (unpaired) electrons. The average Bonchev–Trinajstić information content (AvgIpc) is 3.52. The zero-order chi connectivity index (χ0) is 27.7. The first kappa shape index (κ1) is 26.4. The molecule has 10 heteroatoms. The minimum absolute atomic E-state index is 0.0294. The number of anilines is 1. The van der Waals surface area contributed by atoms with Crippen LogP contribution in [0.5, 0.6) is 0 Å². The first-order valence-electron chi connectivity index (χ1n) is 13.1. The van der Waals surface area contributed by atoms with E-state index < -0.39 is 41.5 Å². The smallest absolute Gasteiger partial charge is 0.270 e. The average molecular weight is 534 g/mol. The summed E-state index contributed by atoms with van der Waals surface area (Å²) < 4.78 is 27.9. The van der Waals surface area contributed by atoms with Crippen molar-refractivity contribution >= 4 is 34.3 Å². The van der Waals surface area contributed by atoms with Crippen LogP contribution in [0.3, 0.4) is 0 Å². The number of rotatable bonds is 7. The fourth-order valence-electron chi connectivity index (χ4n) is 5.43. The van der Waals surface area contributed by atoms with Gasteiger partial charge in [-0.25, -0.2) is 8.78 Å². The molecule has 5 rings (SSSR count). The molecule has 3 atom stereocenters. The molecule has 3 amide bonds. The van der Waals surface area contributed by atoms with Crippen LogP contribution in [0.25, 0.3) is 10.9 Å².